The lowest BCUT2D eigenvalue weighted by Crippen LogP contribution is -2.54. The van der Waals surface area contributed by atoms with Crippen molar-refractivity contribution in [1.82, 2.24) is 15.5 Å². The first-order valence-electron chi connectivity index (χ1n) is 11.2. The van der Waals surface area contributed by atoms with Crippen molar-refractivity contribution in [2.45, 2.75) is 45.0 Å². The number of nitrogens with one attached hydrogen (secondary N) is 2. The standard InChI is InChI=1S/C25H33N3O6S/c1-25(2,3)34-24(33)27-19(16-35)23(32)28(13-14-29)21(18-11-7-8-12-20(18)30)22(31)26-15-17-9-5-4-6-10-17/h4-12,19,21,29-30,35H,13-16H2,1-3H3,(H,26,31)(H,27,33). The molecule has 0 bridgehead atoms. The fourth-order valence-corrected chi connectivity index (χ4v) is 3.61. The summed E-state index contributed by atoms with van der Waals surface area (Å²) < 4.78 is 5.24. The highest BCUT2D eigenvalue weighted by molar-refractivity contribution is 7.80. The molecule has 0 aliphatic heterocycles. The summed E-state index contributed by atoms with van der Waals surface area (Å²) >= 11 is 4.19. The van der Waals surface area contributed by atoms with E-state index in [1.54, 1.807) is 32.9 Å². The SMILES string of the molecule is CC(C)(C)OC(=O)NC(CS)C(=O)N(CCO)C(C(=O)NCc1ccccc1)c1ccccc1O. The van der Waals surface area contributed by atoms with Gasteiger partial charge >= 0.3 is 6.09 Å². The smallest absolute Gasteiger partial charge is 0.408 e. The quantitative estimate of drug-likeness (QED) is 0.317. The van der Waals surface area contributed by atoms with Crippen molar-refractivity contribution in [2.24, 2.45) is 0 Å². The van der Waals surface area contributed by atoms with Crippen molar-refractivity contribution in [2.75, 3.05) is 18.9 Å². The van der Waals surface area contributed by atoms with E-state index in [-0.39, 0.29) is 30.2 Å². The maximum atomic E-state index is 13.5. The number of alkyl carbamates (subject to hydrolysis) is 1. The van der Waals surface area contributed by atoms with Gasteiger partial charge < -0.3 is 30.5 Å². The summed E-state index contributed by atoms with van der Waals surface area (Å²) in [5.74, 6) is -1.50. The van der Waals surface area contributed by atoms with Crippen LogP contribution in [0.4, 0.5) is 4.79 Å². The number of aliphatic hydroxyl groups excluding tert-OH is 1. The van der Waals surface area contributed by atoms with Gasteiger partial charge in [-0.25, -0.2) is 4.79 Å². The normalized spacial score (nSPS) is 12.8. The first-order valence-corrected chi connectivity index (χ1v) is 11.8. The van der Waals surface area contributed by atoms with Gasteiger partial charge in [-0.3, -0.25) is 9.59 Å². The second-order valence-electron chi connectivity index (χ2n) is 8.80. The average Bonchev–Trinajstić information content (AvgIpc) is 2.81. The Bertz CT molecular complexity index is 996. The van der Waals surface area contributed by atoms with Gasteiger partial charge in [-0.2, -0.15) is 12.6 Å². The lowest BCUT2D eigenvalue weighted by atomic mass is 10.0. The van der Waals surface area contributed by atoms with Crippen molar-refractivity contribution in [3.05, 3.63) is 65.7 Å². The first-order chi connectivity index (χ1) is 16.6. The minimum Gasteiger partial charge on any atom is -0.508 e. The molecule has 2 aromatic carbocycles. The van der Waals surface area contributed by atoms with E-state index in [2.05, 4.69) is 23.3 Å². The van der Waals surface area contributed by atoms with Crippen LogP contribution in [0.2, 0.25) is 0 Å². The van der Waals surface area contributed by atoms with Gasteiger partial charge in [0.25, 0.3) is 0 Å². The van der Waals surface area contributed by atoms with Crippen molar-refractivity contribution in [3.8, 4) is 5.75 Å². The Morgan fingerprint density at radius 2 is 1.69 bits per heavy atom. The molecule has 0 heterocycles. The van der Waals surface area contributed by atoms with Crippen molar-refractivity contribution >= 4 is 30.5 Å². The Labute approximate surface area is 210 Å². The second-order valence-corrected chi connectivity index (χ2v) is 9.17. The minimum absolute atomic E-state index is 0.0842. The van der Waals surface area contributed by atoms with E-state index in [1.165, 1.54) is 12.1 Å². The van der Waals surface area contributed by atoms with Crippen LogP contribution in [0.1, 0.15) is 37.9 Å². The summed E-state index contributed by atoms with van der Waals surface area (Å²) in [7, 11) is 0. The zero-order chi connectivity index (χ0) is 26.0. The van der Waals surface area contributed by atoms with Gasteiger partial charge in [-0.1, -0.05) is 48.5 Å². The number of aromatic hydroxyl groups is 1. The molecule has 4 N–H and O–H groups in total. The van der Waals surface area contributed by atoms with E-state index in [1.807, 2.05) is 30.3 Å². The largest absolute Gasteiger partial charge is 0.508 e. The molecular weight excluding hydrogens is 470 g/mol. The third-order valence-electron chi connectivity index (χ3n) is 4.90. The van der Waals surface area contributed by atoms with Gasteiger partial charge in [-0.05, 0) is 32.4 Å². The number of phenolic OH excluding ortho intramolecular Hbond substituents is 1. The third kappa shape index (κ3) is 8.48. The number of hydrogen-bond donors (Lipinski definition) is 5. The number of phenols is 1. The van der Waals surface area contributed by atoms with Gasteiger partial charge in [0, 0.05) is 24.4 Å². The van der Waals surface area contributed by atoms with E-state index in [0.29, 0.717) is 0 Å². The van der Waals surface area contributed by atoms with Gasteiger partial charge in [-0.15, -0.1) is 0 Å². The third-order valence-corrected chi connectivity index (χ3v) is 5.26. The Morgan fingerprint density at radius 1 is 1.06 bits per heavy atom. The zero-order valence-corrected chi connectivity index (χ0v) is 21.0. The van der Waals surface area contributed by atoms with Crippen molar-refractivity contribution < 1.29 is 29.3 Å². The Balaban J connectivity index is 2.37. The van der Waals surface area contributed by atoms with Crippen LogP contribution >= 0.6 is 12.6 Å². The van der Waals surface area contributed by atoms with Crippen LogP contribution in [-0.4, -0.2) is 63.6 Å². The highest BCUT2D eigenvalue weighted by Gasteiger charge is 2.36. The number of amides is 3. The summed E-state index contributed by atoms with van der Waals surface area (Å²) in [6, 6.07) is 12.9. The maximum Gasteiger partial charge on any atom is 0.408 e. The zero-order valence-electron chi connectivity index (χ0n) is 20.1. The Morgan fingerprint density at radius 3 is 2.26 bits per heavy atom. The molecular formula is C25H33N3O6S. The summed E-state index contributed by atoms with van der Waals surface area (Å²) in [6.07, 6.45) is -0.818. The minimum atomic E-state index is -1.28. The highest BCUT2D eigenvalue weighted by atomic mass is 32.1. The molecule has 0 aliphatic carbocycles. The lowest BCUT2D eigenvalue weighted by Gasteiger charge is -2.34. The van der Waals surface area contributed by atoms with E-state index in [0.717, 1.165) is 10.5 Å². The number of benzene rings is 2. The fourth-order valence-electron chi connectivity index (χ4n) is 3.36. The van der Waals surface area contributed by atoms with Crippen molar-refractivity contribution in [1.29, 1.82) is 0 Å². The number of carbonyl (C=O) groups is 3. The van der Waals surface area contributed by atoms with E-state index < -0.39 is 42.2 Å². The van der Waals surface area contributed by atoms with E-state index in [4.69, 9.17) is 4.74 Å². The van der Waals surface area contributed by atoms with Gasteiger partial charge in [0.2, 0.25) is 11.8 Å². The van der Waals surface area contributed by atoms with Crippen LogP contribution in [0, 0.1) is 0 Å². The summed E-state index contributed by atoms with van der Waals surface area (Å²) in [5.41, 5.74) is 0.237. The van der Waals surface area contributed by atoms with Crippen LogP contribution < -0.4 is 10.6 Å². The molecule has 35 heavy (non-hydrogen) atoms. The predicted molar refractivity (Wildman–Crippen MR) is 135 cm³/mol. The molecule has 2 aromatic rings. The van der Waals surface area contributed by atoms with Crippen LogP contribution in [0.5, 0.6) is 5.75 Å². The number of thiol groups is 1. The maximum absolute atomic E-state index is 13.5. The van der Waals surface area contributed by atoms with Gasteiger partial charge in [0.05, 0.1) is 6.61 Å². The van der Waals surface area contributed by atoms with Crippen LogP contribution in [0.15, 0.2) is 54.6 Å². The van der Waals surface area contributed by atoms with Gasteiger partial charge in [0.15, 0.2) is 0 Å². The molecule has 10 heteroatoms. The summed E-state index contributed by atoms with van der Waals surface area (Å²) in [5, 5.41) is 25.5. The lowest BCUT2D eigenvalue weighted by molar-refractivity contribution is -0.142. The van der Waals surface area contributed by atoms with Crippen LogP contribution in [0.3, 0.4) is 0 Å². The molecule has 2 rings (SSSR count). The monoisotopic (exact) mass is 503 g/mol. The highest BCUT2D eigenvalue weighted by Crippen LogP contribution is 2.29. The molecule has 0 saturated carbocycles. The van der Waals surface area contributed by atoms with Gasteiger partial charge in [0.1, 0.15) is 23.4 Å². The summed E-state index contributed by atoms with van der Waals surface area (Å²) in [4.78, 5) is 40.3. The number of para-hydroxylation sites is 1. The molecule has 2 unspecified atom stereocenters. The van der Waals surface area contributed by atoms with E-state index in [9.17, 15) is 24.6 Å². The molecule has 9 nitrogen and oxygen atoms in total. The Kier molecular flexibility index (Phi) is 10.4. The molecule has 2 atom stereocenters. The number of rotatable bonds is 10. The first kappa shape index (κ1) is 28.0. The average molecular weight is 504 g/mol. The number of carbonyl (C=O) groups excluding carboxylic acids is 3. The summed E-state index contributed by atoms with van der Waals surface area (Å²) in [6.45, 7) is 4.58. The molecule has 0 radical (unpaired) electrons. The molecule has 0 spiro atoms. The van der Waals surface area contributed by atoms with Crippen LogP contribution in [-0.2, 0) is 20.9 Å². The molecule has 0 fully saturated rings. The number of ether oxygens (including phenoxy) is 1. The number of aliphatic hydroxyl groups is 1. The number of nitrogens with zero attached hydrogens (tertiary/aromatic N) is 1. The molecule has 0 aliphatic rings. The topological polar surface area (TPSA) is 128 Å². The molecule has 190 valence electrons. The van der Waals surface area contributed by atoms with Crippen molar-refractivity contribution in [3.63, 3.8) is 0 Å². The predicted octanol–water partition coefficient (Wildman–Crippen LogP) is 2.39. The molecule has 0 aromatic heterocycles. The Hall–Kier alpha value is -3.24. The number of hydrogen-bond acceptors (Lipinski definition) is 7. The van der Waals surface area contributed by atoms with E-state index >= 15 is 0 Å². The molecule has 3 amide bonds. The van der Waals surface area contributed by atoms with Crippen LogP contribution in [0.25, 0.3) is 0 Å². The second kappa shape index (κ2) is 13.0. The molecule has 0 saturated heterocycles. The fraction of sp³-hybridized carbons (Fsp3) is 0.400.